The molecule has 8 heavy (non-hydrogen) atoms. The lowest BCUT2D eigenvalue weighted by Crippen LogP contribution is -1.90. The van der Waals surface area contributed by atoms with Gasteiger partial charge in [0.05, 0.1) is 0 Å². The van der Waals surface area contributed by atoms with Crippen molar-refractivity contribution in [3.8, 4) is 0 Å². The molecule has 0 aliphatic rings. The second kappa shape index (κ2) is 3.42. The van der Waals surface area contributed by atoms with Crippen LogP contribution in [-0.4, -0.2) is 12.8 Å². The third kappa shape index (κ3) is 1.92. The third-order valence-corrected chi connectivity index (χ3v) is 1.34. The maximum Gasteiger partial charge on any atom is 0.0339 e. The Morgan fingerprint density at radius 2 is 1.88 bits per heavy atom. The molecule has 0 aromatic heterocycles. The largest absolute Gasteiger partial charge is 0.293 e. The van der Waals surface area contributed by atoms with Crippen LogP contribution in [0.4, 0.5) is 0 Å². The van der Waals surface area contributed by atoms with Crippen molar-refractivity contribution in [3.63, 3.8) is 0 Å². The highest BCUT2D eigenvalue weighted by molar-refractivity contribution is 5.97. The zero-order chi connectivity index (χ0) is 6.57. The van der Waals surface area contributed by atoms with E-state index in [1.54, 1.807) is 0 Å². The van der Waals surface area contributed by atoms with Crippen LogP contribution >= 0.6 is 0 Å². The van der Waals surface area contributed by atoms with Crippen molar-refractivity contribution in [1.82, 2.24) is 0 Å². The zero-order valence-corrected chi connectivity index (χ0v) is 6.02. The van der Waals surface area contributed by atoms with Gasteiger partial charge in [0.15, 0.2) is 0 Å². The lowest BCUT2D eigenvalue weighted by molar-refractivity contribution is 1.38. The van der Waals surface area contributed by atoms with Gasteiger partial charge < -0.3 is 0 Å². The van der Waals surface area contributed by atoms with Crippen LogP contribution in [0.25, 0.3) is 0 Å². The summed E-state index contributed by atoms with van der Waals surface area (Å²) in [6.07, 6.45) is 2.06. The molecule has 46 valence electrons. The van der Waals surface area contributed by atoms with Crippen molar-refractivity contribution in [3.05, 3.63) is 11.6 Å². The molecule has 0 aromatic carbocycles. The van der Waals surface area contributed by atoms with Crippen molar-refractivity contribution < 1.29 is 0 Å². The van der Waals surface area contributed by atoms with Gasteiger partial charge in [0.1, 0.15) is 0 Å². The lowest BCUT2D eigenvalue weighted by atomic mass is 10.2. The van der Waals surface area contributed by atoms with Crippen molar-refractivity contribution in [2.75, 3.05) is 7.05 Å². The average molecular weight is 111 g/mol. The van der Waals surface area contributed by atoms with Crippen molar-refractivity contribution in [2.45, 2.75) is 20.8 Å². The van der Waals surface area contributed by atoms with E-state index in [-0.39, 0.29) is 0 Å². The minimum atomic E-state index is 1.12. The molecular formula is C7H13N. The summed E-state index contributed by atoms with van der Waals surface area (Å²) in [6, 6.07) is 0. The number of hydrogen-bond acceptors (Lipinski definition) is 1. The van der Waals surface area contributed by atoms with Gasteiger partial charge in [-0.1, -0.05) is 6.08 Å². The Hall–Kier alpha value is -0.590. The number of rotatable bonds is 1. The number of allylic oxidation sites excluding steroid dienone is 2. The van der Waals surface area contributed by atoms with Gasteiger partial charge in [0, 0.05) is 12.8 Å². The highest BCUT2D eigenvalue weighted by Gasteiger charge is 1.86. The first-order valence-electron chi connectivity index (χ1n) is 2.79. The van der Waals surface area contributed by atoms with Crippen LogP contribution in [-0.2, 0) is 0 Å². The second-order valence-corrected chi connectivity index (χ2v) is 1.78. The van der Waals surface area contributed by atoms with Crippen LogP contribution in [0.2, 0.25) is 0 Å². The summed E-state index contributed by atoms with van der Waals surface area (Å²) in [5, 5.41) is 0. The van der Waals surface area contributed by atoms with Crippen molar-refractivity contribution >= 4 is 5.71 Å². The molecule has 0 aromatic rings. The molecule has 0 radical (unpaired) electrons. The molecule has 0 rings (SSSR count). The van der Waals surface area contributed by atoms with Gasteiger partial charge in [-0.15, -0.1) is 0 Å². The zero-order valence-electron chi connectivity index (χ0n) is 6.02. The molecule has 1 heteroatoms. The Morgan fingerprint density at radius 3 is 2.00 bits per heavy atom. The van der Waals surface area contributed by atoms with Crippen molar-refractivity contribution in [2.24, 2.45) is 4.99 Å². The number of aliphatic imine (C=N–C) groups is 1. The Bertz CT molecular complexity index is 104. The van der Waals surface area contributed by atoms with Crippen LogP contribution in [0.1, 0.15) is 20.8 Å². The van der Waals surface area contributed by atoms with Crippen molar-refractivity contribution in [1.29, 1.82) is 0 Å². The SMILES string of the molecule is C/C=C(C)/C(C)=N\C. The van der Waals surface area contributed by atoms with E-state index < -0.39 is 0 Å². The maximum atomic E-state index is 4.01. The summed E-state index contributed by atoms with van der Waals surface area (Å²) in [5.41, 5.74) is 2.38. The summed E-state index contributed by atoms with van der Waals surface area (Å²) in [7, 11) is 1.81. The Morgan fingerprint density at radius 1 is 1.38 bits per heavy atom. The molecule has 0 heterocycles. The molecule has 0 bridgehead atoms. The molecule has 0 saturated carbocycles. The summed E-state index contributed by atoms with van der Waals surface area (Å²) in [5.74, 6) is 0. The van der Waals surface area contributed by atoms with Crippen LogP contribution in [0.15, 0.2) is 16.6 Å². The predicted octanol–water partition coefficient (Wildman–Crippen LogP) is 2.04. The smallest absolute Gasteiger partial charge is 0.0339 e. The molecule has 0 fully saturated rings. The van der Waals surface area contributed by atoms with E-state index in [1.807, 2.05) is 20.9 Å². The Kier molecular flexibility index (Phi) is 3.16. The quantitative estimate of drug-likeness (QED) is 0.459. The predicted molar refractivity (Wildman–Crippen MR) is 38.5 cm³/mol. The monoisotopic (exact) mass is 111 g/mol. The molecule has 1 nitrogen and oxygen atoms in total. The summed E-state index contributed by atoms with van der Waals surface area (Å²) >= 11 is 0. The van der Waals surface area contributed by atoms with E-state index in [0.29, 0.717) is 0 Å². The second-order valence-electron chi connectivity index (χ2n) is 1.78. The molecule has 0 N–H and O–H groups in total. The molecule has 0 aliphatic heterocycles. The van der Waals surface area contributed by atoms with Crippen LogP contribution in [0, 0.1) is 0 Å². The lowest BCUT2D eigenvalue weighted by Gasteiger charge is -1.93. The molecule has 0 amide bonds. The number of nitrogens with zero attached hydrogens (tertiary/aromatic N) is 1. The third-order valence-electron chi connectivity index (χ3n) is 1.34. The summed E-state index contributed by atoms with van der Waals surface area (Å²) < 4.78 is 0. The summed E-state index contributed by atoms with van der Waals surface area (Å²) in [4.78, 5) is 4.01. The van der Waals surface area contributed by atoms with E-state index in [0.717, 1.165) is 5.71 Å². The van der Waals surface area contributed by atoms with Gasteiger partial charge in [0.25, 0.3) is 0 Å². The van der Waals surface area contributed by atoms with Gasteiger partial charge in [-0.25, -0.2) is 0 Å². The highest BCUT2D eigenvalue weighted by atomic mass is 14.7. The minimum Gasteiger partial charge on any atom is -0.293 e. The fraction of sp³-hybridized carbons (Fsp3) is 0.571. The fourth-order valence-corrected chi connectivity index (χ4v) is 0.385. The Balaban J connectivity index is 4.04. The first-order valence-corrected chi connectivity index (χ1v) is 2.79. The van der Waals surface area contributed by atoms with E-state index >= 15 is 0 Å². The minimum absolute atomic E-state index is 1.12. The normalized spacial score (nSPS) is 14.5. The fourth-order valence-electron chi connectivity index (χ4n) is 0.385. The maximum absolute atomic E-state index is 4.01. The highest BCUT2D eigenvalue weighted by Crippen LogP contribution is 1.93. The molecule has 0 aliphatic carbocycles. The topological polar surface area (TPSA) is 12.4 Å². The average Bonchev–Trinajstić information content (AvgIpc) is 1.84. The standard InChI is InChI=1S/C7H13N/c1-5-6(2)7(3)8-4/h5H,1-4H3/b6-5+,8-7-. The number of hydrogen-bond donors (Lipinski definition) is 0. The van der Waals surface area contributed by atoms with E-state index in [9.17, 15) is 0 Å². The molecule has 0 saturated heterocycles. The molecule has 0 unspecified atom stereocenters. The van der Waals surface area contributed by atoms with E-state index in [2.05, 4.69) is 18.0 Å². The van der Waals surface area contributed by atoms with Crippen LogP contribution in [0.3, 0.4) is 0 Å². The Labute approximate surface area is 51.1 Å². The van der Waals surface area contributed by atoms with Gasteiger partial charge >= 0.3 is 0 Å². The first-order chi connectivity index (χ1) is 3.72. The summed E-state index contributed by atoms with van der Waals surface area (Å²) in [6.45, 7) is 6.08. The van der Waals surface area contributed by atoms with E-state index in [4.69, 9.17) is 0 Å². The van der Waals surface area contributed by atoms with Crippen LogP contribution < -0.4 is 0 Å². The van der Waals surface area contributed by atoms with Gasteiger partial charge in [-0.05, 0) is 26.3 Å². The molecule has 0 spiro atoms. The van der Waals surface area contributed by atoms with E-state index in [1.165, 1.54) is 5.57 Å². The van der Waals surface area contributed by atoms with Gasteiger partial charge in [0.2, 0.25) is 0 Å². The first kappa shape index (κ1) is 7.41. The van der Waals surface area contributed by atoms with Gasteiger partial charge in [-0.3, -0.25) is 4.99 Å². The molecule has 0 atom stereocenters. The van der Waals surface area contributed by atoms with Gasteiger partial charge in [-0.2, -0.15) is 0 Å². The van der Waals surface area contributed by atoms with Crippen LogP contribution in [0.5, 0.6) is 0 Å². The molecular weight excluding hydrogens is 98.1 g/mol.